The summed E-state index contributed by atoms with van der Waals surface area (Å²) in [6.07, 6.45) is 0. The van der Waals surface area contributed by atoms with E-state index in [0.717, 1.165) is 10.8 Å². The Morgan fingerprint density at radius 1 is 1.14 bits per heavy atom. The van der Waals surface area contributed by atoms with Crippen LogP contribution in [-0.4, -0.2) is 24.3 Å². The van der Waals surface area contributed by atoms with E-state index in [1.807, 2.05) is 36.4 Å². The molecule has 1 aliphatic rings. The molecular weight excluding hydrogens is 378 g/mol. The molecule has 4 rings (SSSR count). The quantitative estimate of drug-likeness (QED) is 0.356. The summed E-state index contributed by atoms with van der Waals surface area (Å²) < 4.78 is 21.5. The first-order chi connectivity index (χ1) is 14.1. The van der Waals surface area contributed by atoms with E-state index in [1.165, 1.54) is 12.1 Å². The molecule has 1 aliphatic heterocycles. The minimum atomic E-state index is -0.592. The molecule has 0 N–H and O–H groups in total. The number of non-ortho nitro benzene ring substituents is 1. The van der Waals surface area contributed by atoms with E-state index < -0.39 is 10.9 Å². The lowest BCUT2D eigenvalue weighted by Crippen LogP contribution is -2.17. The van der Waals surface area contributed by atoms with E-state index in [1.54, 1.807) is 6.07 Å². The Morgan fingerprint density at radius 2 is 1.97 bits per heavy atom. The fraction of sp³-hybridized carbons (Fsp3) is 0.190. The zero-order valence-electron chi connectivity index (χ0n) is 15.3. The van der Waals surface area contributed by atoms with Crippen LogP contribution < -0.4 is 9.47 Å². The molecule has 0 aromatic heterocycles. The van der Waals surface area contributed by atoms with E-state index in [4.69, 9.17) is 18.9 Å². The molecule has 0 bridgehead atoms. The Morgan fingerprint density at radius 3 is 2.83 bits per heavy atom. The van der Waals surface area contributed by atoms with Gasteiger partial charge in [-0.1, -0.05) is 36.4 Å². The predicted molar refractivity (Wildman–Crippen MR) is 103 cm³/mol. The lowest BCUT2D eigenvalue weighted by molar-refractivity contribution is -0.385. The Bertz CT molecular complexity index is 1070. The van der Waals surface area contributed by atoms with Crippen molar-refractivity contribution in [2.45, 2.75) is 13.2 Å². The standard InChI is InChI=1S/C21H17NO7/c23-20(12-27-19-7-3-5-14-4-1-2-6-18(14)19)28-11-16-9-17(22(24)25)8-15-10-26-13-29-21(15)16/h1-9H,10-13H2. The second-order valence-electron chi connectivity index (χ2n) is 6.39. The first-order valence-electron chi connectivity index (χ1n) is 8.89. The first kappa shape index (κ1) is 18.7. The van der Waals surface area contributed by atoms with Crippen molar-refractivity contribution in [3.05, 3.63) is 75.8 Å². The maximum atomic E-state index is 12.2. The van der Waals surface area contributed by atoms with Gasteiger partial charge in [0.15, 0.2) is 13.4 Å². The van der Waals surface area contributed by atoms with Crippen LogP contribution in [0.5, 0.6) is 11.5 Å². The summed E-state index contributed by atoms with van der Waals surface area (Å²) in [5.41, 5.74) is 0.843. The maximum absolute atomic E-state index is 12.2. The number of benzene rings is 3. The van der Waals surface area contributed by atoms with Gasteiger partial charge in [-0.3, -0.25) is 10.1 Å². The number of nitro benzene ring substituents is 1. The number of ether oxygens (including phenoxy) is 4. The van der Waals surface area contributed by atoms with Crippen LogP contribution in [0.1, 0.15) is 11.1 Å². The number of fused-ring (bicyclic) bond motifs is 2. The molecule has 3 aromatic carbocycles. The average molecular weight is 395 g/mol. The summed E-state index contributed by atoms with van der Waals surface area (Å²) in [5.74, 6) is 0.433. The van der Waals surface area contributed by atoms with Crippen LogP contribution >= 0.6 is 0 Å². The van der Waals surface area contributed by atoms with Gasteiger partial charge in [0.2, 0.25) is 0 Å². The second kappa shape index (κ2) is 8.15. The molecule has 0 saturated heterocycles. The fourth-order valence-electron chi connectivity index (χ4n) is 3.15. The van der Waals surface area contributed by atoms with Gasteiger partial charge in [0.1, 0.15) is 18.1 Å². The van der Waals surface area contributed by atoms with Crippen molar-refractivity contribution in [2.24, 2.45) is 0 Å². The van der Waals surface area contributed by atoms with Crippen LogP contribution in [0.3, 0.4) is 0 Å². The van der Waals surface area contributed by atoms with Crippen LogP contribution in [0.15, 0.2) is 54.6 Å². The van der Waals surface area contributed by atoms with Crippen molar-refractivity contribution in [3.8, 4) is 11.5 Å². The highest BCUT2D eigenvalue weighted by molar-refractivity contribution is 5.88. The summed E-state index contributed by atoms with van der Waals surface area (Å²) in [5, 5.41) is 13.0. The maximum Gasteiger partial charge on any atom is 0.344 e. The molecule has 0 spiro atoms. The van der Waals surface area contributed by atoms with E-state index in [-0.39, 0.29) is 32.3 Å². The number of nitro groups is 1. The van der Waals surface area contributed by atoms with Crippen LogP contribution in [0.25, 0.3) is 10.8 Å². The summed E-state index contributed by atoms with van der Waals surface area (Å²) in [6.45, 7) is -0.213. The minimum absolute atomic E-state index is 0.0376. The molecule has 29 heavy (non-hydrogen) atoms. The van der Waals surface area contributed by atoms with Crippen molar-refractivity contribution in [2.75, 3.05) is 13.4 Å². The van der Waals surface area contributed by atoms with Gasteiger partial charge in [0, 0.05) is 28.6 Å². The fourth-order valence-corrected chi connectivity index (χ4v) is 3.15. The number of carbonyl (C=O) groups excluding carboxylic acids is 1. The Labute approximate surface area is 165 Å². The molecule has 0 saturated carbocycles. The van der Waals surface area contributed by atoms with Crippen molar-refractivity contribution >= 4 is 22.4 Å². The number of carbonyl (C=O) groups is 1. The third-order valence-electron chi connectivity index (χ3n) is 4.47. The predicted octanol–water partition coefficient (Wildman–Crippen LogP) is 3.74. The molecule has 1 heterocycles. The molecule has 3 aromatic rings. The molecule has 0 unspecified atom stereocenters. The molecule has 0 atom stereocenters. The molecule has 8 heteroatoms. The van der Waals surface area contributed by atoms with E-state index in [2.05, 4.69) is 0 Å². The number of hydrogen-bond acceptors (Lipinski definition) is 7. The Kier molecular flexibility index (Phi) is 5.26. The monoisotopic (exact) mass is 395 g/mol. The second-order valence-corrected chi connectivity index (χ2v) is 6.39. The molecule has 0 fully saturated rings. The van der Waals surface area contributed by atoms with Gasteiger partial charge in [0.05, 0.1) is 11.5 Å². The molecule has 148 valence electrons. The number of esters is 1. The SMILES string of the molecule is O=C(COc1cccc2ccccc12)OCc1cc([N+](=O)[O-])cc2c1OCOC2. The van der Waals surface area contributed by atoms with Crippen molar-refractivity contribution in [1.82, 2.24) is 0 Å². The lowest BCUT2D eigenvalue weighted by atomic mass is 10.1. The third-order valence-corrected chi connectivity index (χ3v) is 4.47. The van der Waals surface area contributed by atoms with Gasteiger partial charge in [-0.05, 0) is 11.5 Å². The minimum Gasteiger partial charge on any atom is -0.481 e. The van der Waals surface area contributed by atoms with Crippen LogP contribution in [0.4, 0.5) is 5.69 Å². The summed E-state index contributed by atoms with van der Waals surface area (Å²) >= 11 is 0. The summed E-state index contributed by atoms with van der Waals surface area (Å²) in [6, 6.07) is 16.0. The van der Waals surface area contributed by atoms with E-state index in [9.17, 15) is 14.9 Å². The zero-order valence-corrected chi connectivity index (χ0v) is 15.3. The van der Waals surface area contributed by atoms with Gasteiger partial charge in [-0.25, -0.2) is 4.79 Å². The highest BCUT2D eigenvalue weighted by Crippen LogP contribution is 2.33. The topological polar surface area (TPSA) is 97.1 Å². The molecule has 0 amide bonds. The van der Waals surface area contributed by atoms with Gasteiger partial charge < -0.3 is 18.9 Å². The summed E-state index contributed by atoms with van der Waals surface area (Å²) in [4.78, 5) is 22.8. The Balaban J connectivity index is 1.43. The third kappa shape index (κ3) is 4.12. The van der Waals surface area contributed by atoms with Crippen LogP contribution in [-0.2, 0) is 27.5 Å². The Hall–Kier alpha value is -3.65. The van der Waals surface area contributed by atoms with Gasteiger partial charge in [-0.2, -0.15) is 0 Å². The number of nitrogens with zero attached hydrogens (tertiary/aromatic N) is 1. The summed E-state index contributed by atoms with van der Waals surface area (Å²) in [7, 11) is 0. The molecular formula is C21H17NO7. The highest BCUT2D eigenvalue weighted by Gasteiger charge is 2.22. The van der Waals surface area contributed by atoms with Crippen molar-refractivity contribution < 1.29 is 28.7 Å². The van der Waals surface area contributed by atoms with Crippen LogP contribution in [0.2, 0.25) is 0 Å². The van der Waals surface area contributed by atoms with E-state index in [0.29, 0.717) is 22.6 Å². The largest absolute Gasteiger partial charge is 0.481 e. The molecule has 8 nitrogen and oxygen atoms in total. The average Bonchev–Trinajstić information content (AvgIpc) is 2.75. The van der Waals surface area contributed by atoms with Crippen molar-refractivity contribution in [3.63, 3.8) is 0 Å². The van der Waals surface area contributed by atoms with Gasteiger partial charge in [0.25, 0.3) is 5.69 Å². The first-order valence-corrected chi connectivity index (χ1v) is 8.89. The highest BCUT2D eigenvalue weighted by atomic mass is 16.7. The van der Waals surface area contributed by atoms with Gasteiger partial charge in [-0.15, -0.1) is 0 Å². The molecule has 0 aliphatic carbocycles. The normalized spacial score (nSPS) is 12.7. The zero-order chi connectivity index (χ0) is 20.2. The lowest BCUT2D eigenvalue weighted by Gasteiger charge is -2.20. The smallest absolute Gasteiger partial charge is 0.344 e. The number of hydrogen-bond donors (Lipinski definition) is 0. The van der Waals surface area contributed by atoms with E-state index >= 15 is 0 Å². The van der Waals surface area contributed by atoms with Crippen LogP contribution in [0, 0.1) is 10.1 Å². The number of rotatable bonds is 6. The van der Waals surface area contributed by atoms with Gasteiger partial charge >= 0.3 is 5.97 Å². The molecule has 0 radical (unpaired) electrons. The van der Waals surface area contributed by atoms with Crippen molar-refractivity contribution in [1.29, 1.82) is 0 Å².